The van der Waals surface area contributed by atoms with Gasteiger partial charge in [-0.25, -0.2) is 0 Å². The van der Waals surface area contributed by atoms with Gasteiger partial charge in [0.1, 0.15) is 12.2 Å². The first-order chi connectivity index (χ1) is 34.2. The SMILES string of the molecule is CN(CCCN(C)C(=O)Cc1ccc(-c2ccccc2)cn1)C(=O)CO[C@H]1Cc2ccccc2C12CCN(CC[C@@]1(c3ccc(Cl)c(Cl)c3)CN(C(=O)c3cc(C(F)(F)F)cc(C(F)(F)F)c3)CCO1)CC2. The number of fused-ring (bicyclic) bond motifs is 2. The molecule has 1 aromatic heterocycles. The zero-order valence-corrected chi connectivity index (χ0v) is 41.4. The molecule has 10 nitrogen and oxygen atoms in total. The predicted octanol–water partition coefficient (Wildman–Crippen LogP) is 10.4. The van der Waals surface area contributed by atoms with Crippen LogP contribution in [0.5, 0.6) is 0 Å². The fourth-order valence-corrected chi connectivity index (χ4v) is 10.5. The van der Waals surface area contributed by atoms with Gasteiger partial charge in [-0.05, 0) is 104 Å². The number of likely N-dealkylation sites (N-methyl/N-ethyl adjacent to an activating group) is 2. The monoisotopic (exact) mass is 1040 g/mol. The van der Waals surface area contributed by atoms with Crippen molar-refractivity contribution >= 4 is 40.9 Å². The van der Waals surface area contributed by atoms with Gasteiger partial charge in [0.15, 0.2) is 0 Å². The Morgan fingerprint density at radius 1 is 0.778 bits per heavy atom. The van der Waals surface area contributed by atoms with Crippen LogP contribution in [-0.2, 0) is 55.3 Å². The van der Waals surface area contributed by atoms with Gasteiger partial charge < -0.3 is 29.1 Å². The fraction of sp³-hybridized carbons (Fsp3) is 0.407. The van der Waals surface area contributed by atoms with Crippen molar-refractivity contribution < 1.29 is 50.2 Å². The quantitative estimate of drug-likeness (QED) is 0.0964. The molecule has 2 fully saturated rings. The van der Waals surface area contributed by atoms with Gasteiger partial charge in [-0.15, -0.1) is 0 Å². The number of carbonyl (C=O) groups is 3. The molecular formula is C54H55Cl2F6N5O5. The van der Waals surface area contributed by atoms with Crippen LogP contribution in [0, 0.1) is 0 Å². The minimum atomic E-state index is -5.13. The van der Waals surface area contributed by atoms with E-state index in [9.17, 15) is 40.7 Å². The van der Waals surface area contributed by atoms with Gasteiger partial charge in [0.05, 0.1) is 46.8 Å². The number of alkyl halides is 6. The Bertz CT molecular complexity index is 2710. The minimum absolute atomic E-state index is 0.00264. The summed E-state index contributed by atoms with van der Waals surface area (Å²) in [5, 5.41) is 0.469. The molecule has 1 spiro atoms. The first kappa shape index (κ1) is 52.8. The molecule has 72 heavy (non-hydrogen) atoms. The van der Waals surface area contributed by atoms with E-state index in [0.29, 0.717) is 88.2 Å². The van der Waals surface area contributed by atoms with Gasteiger partial charge in [0.25, 0.3) is 5.91 Å². The maximum absolute atomic E-state index is 13.9. The Balaban J connectivity index is 0.879. The van der Waals surface area contributed by atoms with E-state index in [1.807, 2.05) is 54.6 Å². The molecule has 3 aliphatic rings. The highest BCUT2D eigenvalue weighted by atomic mass is 35.5. The molecule has 0 bridgehead atoms. The number of hydrogen-bond acceptors (Lipinski definition) is 7. The number of aromatic nitrogens is 1. The van der Waals surface area contributed by atoms with E-state index in [1.54, 1.807) is 48.3 Å². The molecule has 0 unspecified atom stereocenters. The number of amides is 3. The molecule has 8 rings (SSSR count). The molecule has 382 valence electrons. The lowest BCUT2D eigenvalue weighted by Gasteiger charge is -2.46. The smallest absolute Gasteiger partial charge is 0.367 e. The third-order valence-electron chi connectivity index (χ3n) is 14.4. The van der Waals surface area contributed by atoms with Crippen LogP contribution < -0.4 is 0 Å². The van der Waals surface area contributed by atoms with Crippen molar-refractivity contribution in [3.63, 3.8) is 0 Å². The highest BCUT2D eigenvalue weighted by molar-refractivity contribution is 6.42. The zero-order chi connectivity index (χ0) is 51.4. The highest BCUT2D eigenvalue weighted by Gasteiger charge is 2.50. The summed E-state index contributed by atoms with van der Waals surface area (Å²) in [6.45, 7) is 2.19. The Morgan fingerprint density at radius 2 is 1.44 bits per heavy atom. The zero-order valence-electron chi connectivity index (χ0n) is 39.9. The van der Waals surface area contributed by atoms with Crippen LogP contribution >= 0.6 is 23.2 Å². The van der Waals surface area contributed by atoms with E-state index in [2.05, 4.69) is 22.0 Å². The van der Waals surface area contributed by atoms with Gasteiger partial charge in [-0.1, -0.05) is 89.9 Å². The molecule has 1 aliphatic carbocycles. The van der Waals surface area contributed by atoms with Gasteiger partial charge in [-0.3, -0.25) is 19.4 Å². The van der Waals surface area contributed by atoms with Crippen LogP contribution in [0.1, 0.15) is 69.6 Å². The van der Waals surface area contributed by atoms with Crippen molar-refractivity contribution in [1.29, 1.82) is 0 Å². The van der Waals surface area contributed by atoms with E-state index < -0.39 is 40.6 Å². The maximum atomic E-state index is 13.9. The van der Waals surface area contributed by atoms with E-state index in [-0.39, 0.29) is 72.2 Å². The number of halogens is 8. The minimum Gasteiger partial charge on any atom is -0.367 e. The highest BCUT2D eigenvalue weighted by Crippen LogP contribution is 2.48. The molecule has 2 aliphatic heterocycles. The second-order valence-corrected chi connectivity index (χ2v) is 19.8. The van der Waals surface area contributed by atoms with Crippen LogP contribution in [-0.4, -0.2) is 122 Å². The average Bonchev–Trinajstić information content (AvgIpc) is 3.67. The topological polar surface area (TPSA) is 95.5 Å². The molecule has 0 saturated carbocycles. The largest absolute Gasteiger partial charge is 0.416 e. The van der Waals surface area contributed by atoms with Crippen molar-refractivity contribution in [2.75, 3.05) is 73.1 Å². The number of carbonyl (C=O) groups excluding carboxylic acids is 3. The first-order valence-electron chi connectivity index (χ1n) is 23.8. The molecular weight excluding hydrogens is 984 g/mol. The molecule has 4 aromatic carbocycles. The number of nitrogens with zero attached hydrogens (tertiary/aromatic N) is 5. The molecule has 5 aromatic rings. The second kappa shape index (κ2) is 21.9. The molecule has 0 radical (unpaired) electrons. The summed E-state index contributed by atoms with van der Waals surface area (Å²) in [5.41, 5.74) is 0.0776. The summed E-state index contributed by atoms with van der Waals surface area (Å²) >= 11 is 12.8. The van der Waals surface area contributed by atoms with E-state index in [4.69, 9.17) is 32.7 Å². The van der Waals surface area contributed by atoms with Crippen LogP contribution in [0.4, 0.5) is 26.3 Å². The maximum Gasteiger partial charge on any atom is 0.416 e. The van der Waals surface area contributed by atoms with Crippen molar-refractivity contribution in [1.82, 2.24) is 24.6 Å². The summed E-state index contributed by atoms with van der Waals surface area (Å²) in [6, 6.07) is 27.7. The third-order valence-corrected chi connectivity index (χ3v) is 15.2. The number of ether oxygens (including phenoxy) is 2. The number of likely N-dealkylation sites (tertiary alicyclic amines) is 1. The Morgan fingerprint density at radius 3 is 2.10 bits per heavy atom. The Kier molecular flexibility index (Phi) is 16.1. The van der Waals surface area contributed by atoms with Crippen LogP contribution in [0.15, 0.2) is 109 Å². The summed E-state index contributed by atoms with van der Waals surface area (Å²) in [6.07, 6.45) is -5.68. The van der Waals surface area contributed by atoms with Crippen molar-refractivity contribution in [2.45, 2.75) is 68.0 Å². The molecule has 0 N–H and O–H groups in total. The second-order valence-electron chi connectivity index (χ2n) is 19.0. The van der Waals surface area contributed by atoms with E-state index in [1.165, 1.54) is 10.5 Å². The fourth-order valence-electron chi connectivity index (χ4n) is 10.2. The van der Waals surface area contributed by atoms with Crippen molar-refractivity contribution in [3.8, 4) is 11.1 Å². The van der Waals surface area contributed by atoms with Crippen LogP contribution in [0.25, 0.3) is 11.1 Å². The number of morpholine rings is 1. The van der Waals surface area contributed by atoms with Gasteiger partial charge in [-0.2, -0.15) is 26.3 Å². The summed E-state index contributed by atoms with van der Waals surface area (Å²) in [5.74, 6) is -1.23. The average molecular weight is 1040 g/mol. The molecule has 3 heterocycles. The van der Waals surface area contributed by atoms with Crippen LogP contribution in [0.2, 0.25) is 10.0 Å². The summed E-state index contributed by atoms with van der Waals surface area (Å²) < 4.78 is 95.9. The molecule has 2 saturated heterocycles. The Hall–Kier alpha value is -5.52. The van der Waals surface area contributed by atoms with Crippen molar-refractivity contribution in [2.24, 2.45) is 0 Å². The lowest BCUT2D eigenvalue weighted by molar-refractivity contribution is -0.143. The number of piperidine rings is 1. The number of pyridine rings is 1. The lowest BCUT2D eigenvalue weighted by atomic mass is 9.72. The van der Waals surface area contributed by atoms with E-state index in [0.717, 1.165) is 16.7 Å². The molecule has 2 atom stereocenters. The lowest BCUT2D eigenvalue weighted by Crippen LogP contribution is -2.54. The Labute approximate surface area is 424 Å². The van der Waals surface area contributed by atoms with Gasteiger partial charge in [0, 0.05) is 68.7 Å². The predicted molar refractivity (Wildman–Crippen MR) is 262 cm³/mol. The van der Waals surface area contributed by atoms with Gasteiger partial charge in [0.2, 0.25) is 11.8 Å². The number of rotatable bonds is 15. The van der Waals surface area contributed by atoms with Crippen LogP contribution in [0.3, 0.4) is 0 Å². The number of benzene rings is 4. The summed E-state index contributed by atoms with van der Waals surface area (Å²) in [7, 11) is 3.48. The number of hydrogen-bond donors (Lipinski definition) is 0. The standard InChI is InChI=1S/C54H55Cl2F6N5O5/c1-64(48(68)32-43-15-13-38(33-63-43)36-9-4-3-5-10-36)20-8-21-65(2)49(69)34-71-47-29-37-11-6-7-12-44(37)51(47)17-22-66(23-18-51)24-19-52(40-14-16-45(55)46(56)31-40)35-67(25-26-72-52)50(70)39-27-41(53(57,58)59)30-42(28-39)54(60,61)62/h3-7,9-16,27-28,30-31,33,47H,8,17-26,29,32,34-35H2,1-2H3/t47-,52-/m0/s1. The van der Waals surface area contributed by atoms with Crippen molar-refractivity contribution in [3.05, 3.63) is 158 Å². The molecule has 18 heteroatoms. The first-order valence-corrected chi connectivity index (χ1v) is 24.6. The molecule has 3 amide bonds. The normalized spacial score (nSPS) is 19.0. The third kappa shape index (κ3) is 11.9. The van der Waals surface area contributed by atoms with Gasteiger partial charge >= 0.3 is 12.4 Å². The summed E-state index contributed by atoms with van der Waals surface area (Å²) in [4.78, 5) is 51.7. The van der Waals surface area contributed by atoms with E-state index >= 15 is 0 Å².